The Morgan fingerprint density at radius 1 is 1.00 bits per heavy atom. The highest BCUT2D eigenvalue weighted by Gasteiger charge is 2.43. The van der Waals surface area contributed by atoms with Gasteiger partial charge in [0.05, 0.1) is 5.41 Å². The molecule has 0 bridgehead atoms. The van der Waals surface area contributed by atoms with Crippen molar-refractivity contribution in [2.24, 2.45) is 0 Å². The van der Waals surface area contributed by atoms with Crippen molar-refractivity contribution in [2.75, 3.05) is 6.54 Å². The first-order chi connectivity index (χ1) is 17.0. The highest BCUT2D eigenvalue weighted by atomic mass is 16.1. The highest BCUT2D eigenvalue weighted by molar-refractivity contribution is 6.03. The van der Waals surface area contributed by atoms with E-state index in [-0.39, 0.29) is 5.41 Å². The minimum absolute atomic E-state index is 0.0231. The molecule has 2 aromatic rings. The maximum atomic E-state index is 10.7. The first-order valence-electron chi connectivity index (χ1n) is 13.4. The fraction of sp³-hybridized carbons (Fsp3) is 0.394. The van der Waals surface area contributed by atoms with Crippen LogP contribution in [0.5, 0.6) is 0 Å². The van der Waals surface area contributed by atoms with Crippen LogP contribution in [0.1, 0.15) is 81.0 Å². The lowest BCUT2D eigenvalue weighted by Crippen LogP contribution is -2.28. The van der Waals surface area contributed by atoms with Crippen LogP contribution in [0.25, 0.3) is 6.08 Å². The van der Waals surface area contributed by atoms with Crippen LogP contribution < -0.4 is 0 Å². The van der Waals surface area contributed by atoms with E-state index < -0.39 is 0 Å². The predicted octanol–water partition coefficient (Wildman–Crippen LogP) is 7.81. The number of nitrogens with zero attached hydrogens (tertiary/aromatic N) is 1. The summed E-state index contributed by atoms with van der Waals surface area (Å²) >= 11 is 0. The Bertz CT molecular complexity index is 1270. The van der Waals surface area contributed by atoms with Gasteiger partial charge in [-0.05, 0) is 87.1 Å². The van der Waals surface area contributed by atoms with Crippen LogP contribution in [0.3, 0.4) is 0 Å². The van der Waals surface area contributed by atoms with Gasteiger partial charge < -0.3 is 4.79 Å². The second-order valence-corrected chi connectivity index (χ2v) is 10.9. The summed E-state index contributed by atoms with van der Waals surface area (Å²) in [5, 5.41) is 0. The number of carbonyl (C=O) groups is 1. The lowest BCUT2D eigenvalue weighted by molar-refractivity contribution is -0.438. The van der Waals surface area contributed by atoms with Crippen molar-refractivity contribution < 1.29 is 9.37 Å². The molecule has 0 saturated carbocycles. The van der Waals surface area contributed by atoms with Gasteiger partial charge in [-0.1, -0.05) is 54.1 Å². The molecule has 0 N–H and O–H groups in total. The lowest BCUT2D eigenvalue weighted by Gasteiger charge is -2.27. The van der Waals surface area contributed by atoms with Crippen molar-refractivity contribution in [3.63, 3.8) is 0 Å². The number of carbonyl (C=O) groups excluding carboxylic acids is 1. The molecule has 2 heteroatoms. The van der Waals surface area contributed by atoms with Crippen LogP contribution in [0, 0.1) is 6.92 Å². The van der Waals surface area contributed by atoms with Crippen LogP contribution in [0.2, 0.25) is 0 Å². The molecule has 0 spiro atoms. The maximum Gasteiger partial charge on any atom is 0.209 e. The maximum absolute atomic E-state index is 10.7. The first-order valence-corrected chi connectivity index (χ1v) is 13.4. The van der Waals surface area contributed by atoms with Gasteiger partial charge in [-0.3, -0.25) is 0 Å². The van der Waals surface area contributed by atoms with E-state index in [4.69, 9.17) is 0 Å². The van der Waals surface area contributed by atoms with Crippen molar-refractivity contribution in [3.05, 3.63) is 93.6 Å². The number of benzene rings is 2. The Hall–Kier alpha value is -3.00. The van der Waals surface area contributed by atoms with Crippen molar-refractivity contribution in [2.45, 2.75) is 77.6 Å². The van der Waals surface area contributed by atoms with E-state index in [1.165, 1.54) is 52.1 Å². The Morgan fingerprint density at radius 2 is 1.86 bits per heavy atom. The van der Waals surface area contributed by atoms with Crippen molar-refractivity contribution in [1.82, 2.24) is 0 Å². The average Bonchev–Trinajstić information content (AvgIpc) is 3.07. The van der Waals surface area contributed by atoms with Gasteiger partial charge in [-0.25, -0.2) is 0 Å². The van der Waals surface area contributed by atoms with Gasteiger partial charge in [0.2, 0.25) is 5.69 Å². The predicted molar refractivity (Wildman–Crippen MR) is 147 cm³/mol. The number of aldehydes is 1. The van der Waals surface area contributed by atoms with E-state index in [0.29, 0.717) is 6.42 Å². The van der Waals surface area contributed by atoms with Crippen LogP contribution in [-0.4, -0.2) is 23.1 Å². The Kier molecular flexibility index (Phi) is 6.73. The van der Waals surface area contributed by atoms with Crippen LogP contribution in [-0.2, 0) is 16.6 Å². The molecule has 1 aliphatic heterocycles. The van der Waals surface area contributed by atoms with E-state index >= 15 is 0 Å². The number of rotatable bonds is 8. The normalized spacial score (nSPS) is 18.4. The van der Waals surface area contributed by atoms with E-state index in [1.54, 1.807) is 11.1 Å². The third-order valence-electron chi connectivity index (χ3n) is 8.11. The van der Waals surface area contributed by atoms with Gasteiger partial charge >= 0.3 is 0 Å². The zero-order valence-electron chi connectivity index (χ0n) is 21.6. The van der Waals surface area contributed by atoms with Gasteiger partial charge in [-0.2, -0.15) is 4.58 Å². The number of aryl methyl sites for hydroxylation is 1. The van der Waals surface area contributed by atoms with Crippen molar-refractivity contribution in [3.8, 4) is 0 Å². The molecule has 5 rings (SSSR count). The first kappa shape index (κ1) is 23.7. The Balaban J connectivity index is 1.49. The molecule has 0 unspecified atom stereocenters. The van der Waals surface area contributed by atoms with E-state index in [1.807, 2.05) is 0 Å². The molecule has 2 aliphatic carbocycles. The third-order valence-corrected chi connectivity index (χ3v) is 8.11. The third kappa shape index (κ3) is 4.63. The SMILES string of the molecule is Cc1ccc2c(c1)CC1=C(/C=C/C3=[N+](CCCCCC=O)c4ccccc4C3(C)C)CCCC1=C2. The molecule has 1 heterocycles. The summed E-state index contributed by atoms with van der Waals surface area (Å²) in [6.07, 6.45) is 16.8. The molecule has 180 valence electrons. The summed E-state index contributed by atoms with van der Waals surface area (Å²) in [4.78, 5) is 10.7. The highest BCUT2D eigenvalue weighted by Crippen LogP contribution is 2.41. The quantitative estimate of drug-likeness (QED) is 0.222. The summed E-state index contributed by atoms with van der Waals surface area (Å²) < 4.78 is 2.54. The Labute approximate surface area is 210 Å². The summed E-state index contributed by atoms with van der Waals surface area (Å²) in [5.41, 5.74) is 13.0. The van der Waals surface area contributed by atoms with E-state index in [0.717, 1.165) is 44.9 Å². The fourth-order valence-corrected chi connectivity index (χ4v) is 6.19. The number of hydrogen-bond acceptors (Lipinski definition) is 1. The molecule has 35 heavy (non-hydrogen) atoms. The molecule has 0 amide bonds. The van der Waals surface area contributed by atoms with Crippen LogP contribution >= 0.6 is 0 Å². The molecule has 2 nitrogen and oxygen atoms in total. The number of unbranched alkanes of at least 4 members (excludes halogenated alkanes) is 3. The molecule has 3 aliphatic rings. The minimum Gasteiger partial charge on any atom is -0.303 e. The topological polar surface area (TPSA) is 20.1 Å². The monoisotopic (exact) mass is 464 g/mol. The molecule has 0 saturated heterocycles. The molecule has 0 radical (unpaired) electrons. The summed E-state index contributed by atoms with van der Waals surface area (Å²) in [6, 6.07) is 15.8. The smallest absolute Gasteiger partial charge is 0.209 e. The lowest BCUT2D eigenvalue weighted by atomic mass is 9.77. The number of para-hydroxylation sites is 1. The second kappa shape index (κ2) is 9.93. The van der Waals surface area contributed by atoms with Gasteiger partial charge in [0.25, 0.3) is 0 Å². The number of allylic oxidation sites excluding steroid dienone is 5. The van der Waals surface area contributed by atoms with Gasteiger partial charge in [0, 0.05) is 30.5 Å². The molecule has 0 atom stereocenters. The number of hydrogen-bond donors (Lipinski definition) is 0. The standard InChI is InChI=1S/C33H38NO/c1-24-15-16-26-22-27-12-10-11-25(29(27)23-28(26)21-24)17-18-32-33(2,3)30-13-6-7-14-31(30)34(32)19-8-4-5-9-20-35/h6-7,13-18,20-22H,4-5,8-12,19,23H2,1-3H3/q+1/b18-17+. The zero-order chi connectivity index (χ0) is 24.4. The van der Waals surface area contributed by atoms with Crippen LogP contribution in [0.4, 0.5) is 5.69 Å². The molecular weight excluding hydrogens is 426 g/mol. The summed E-state index contributed by atoms with van der Waals surface area (Å²) in [7, 11) is 0. The Morgan fingerprint density at radius 3 is 2.71 bits per heavy atom. The molecule has 0 fully saturated rings. The zero-order valence-corrected chi connectivity index (χ0v) is 21.6. The number of fused-ring (bicyclic) bond motifs is 3. The van der Waals surface area contributed by atoms with Crippen molar-refractivity contribution >= 4 is 23.8 Å². The molecular formula is C33H38NO+. The summed E-state index contributed by atoms with van der Waals surface area (Å²) in [5.74, 6) is 0. The fourth-order valence-electron chi connectivity index (χ4n) is 6.19. The minimum atomic E-state index is -0.0231. The molecule has 0 aromatic heterocycles. The van der Waals surface area contributed by atoms with Crippen LogP contribution in [0.15, 0.2) is 71.3 Å². The van der Waals surface area contributed by atoms with Crippen molar-refractivity contribution in [1.29, 1.82) is 0 Å². The van der Waals surface area contributed by atoms with Gasteiger partial charge in [0.1, 0.15) is 12.8 Å². The van der Waals surface area contributed by atoms with E-state index in [2.05, 4.69) is 86.0 Å². The van der Waals surface area contributed by atoms with E-state index in [9.17, 15) is 4.79 Å². The summed E-state index contributed by atoms with van der Waals surface area (Å²) in [6.45, 7) is 7.92. The average molecular weight is 465 g/mol. The van der Waals surface area contributed by atoms with Gasteiger partial charge in [-0.15, -0.1) is 0 Å². The largest absolute Gasteiger partial charge is 0.303 e. The second-order valence-electron chi connectivity index (χ2n) is 10.9. The van der Waals surface area contributed by atoms with Gasteiger partial charge in [0.15, 0.2) is 5.71 Å². The molecule has 2 aromatic carbocycles.